The quantitative estimate of drug-likeness (QED) is 0.849. The van der Waals surface area contributed by atoms with Crippen LogP contribution in [0.15, 0.2) is 24.3 Å². The lowest BCUT2D eigenvalue weighted by Gasteiger charge is -2.37. The highest BCUT2D eigenvalue weighted by Crippen LogP contribution is 2.24. The Labute approximate surface area is 102 Å². The van der Waals surface area contributed by atoms with E-state index in [2.05, 4.69) is 11.4 Å². The van der Waals surface area contributed by atoms with Gasteiger partial charge in [0.05, 0.1) is 6.61 Å². The van der Waals surface area contributed by atoms with Crippen LogP contribution >= 0.6 is 11.6 Å². The molecule has 1 aliphatic heterocycles. The molecule has 88 valence electrons. The highest BCUT2D eigenvalue weighted by Gasteiger charge is 2.30. The van der Waals surface area contributed by atoms with Crippen molar-refractivity contribution < 1.29 is 5.11 Å². The predicted molar refractivity (Wildman–Crippen MR) is 66.8 cm³/mol. The number of piperidine rings is 1. The van der Waals surface area contributed by atoms with Gasteiger partial charge < -0.3 is 10.4 Å². The van der Waals surface area contributed by atoms with Crippen LogP contribution in [0.25, 0.3) is 0 Å². The summed E-state index contributed by atoms with van der Waals surface area (Å²) in [5.74, 6) is 0. The molecule has 1 saturated heterocycles. The van der Waals surface area contributed by atoms with E-state index in [1.165, 1.54) is 18.4 Å². The van der Waals surface area contributed by atoms with E-state index >= 15 is 0 Å². The van der Waals surface area contributed by atoms with Crippen LogP contribution in [0.5, 0.6) is 0 Å². The van der Waals surface area contributed by atoms with E-state index in [9.17, 15) is 5.11 Å². The molecule has 0 aromatic heterocycles. The summed E-state index contributed by atoms with van der Waals surface area (Å²) in [7, 11) is 0. The molecule has 0 saturated carbocycles. The van der Waals surface area contributed by atoms with Crippen molar-refractivity contribution in [2.75, 3.05) is 13.2 Å². The van der Waals surface area contributed by atoms with E-state index in [0.717, 1.165) is 24.4 Å². The van der Waals surface area contributed by atoms with Crippen molar-refractivity contribution in [1.82, 2.24) is 5.32 Å². The van der Waals surface area contributed by atoms with E-state index in [4.69, 9.17) is 11.6 Å². The largest absolute Gasteiger partial charge is 0.394 e. The Morgan fingerprint density at radius 1 is 1.38 bits per heavy atom. The van der Waals surface area contributed by atoms with E-state index in [0.29, 0.717) is 0 Å². The molecule has 2 N–H and O–H groups in total. The van der Waals surface area contributed by atoms with Crippen molar-refractivity contribution in [3.63, 3.8) is 0 Å². The lowest BCUT2D eigenvalue weighted by Crippen LogP contribution is -2.53. The zero-order chi connectivity index (χ0) is 11.4. The molecule has 0 spiro atoms. The predicted octanol–water partition coefficient (Wildman–Crippen LogP) is 2.39. The summed E-state index contributed by atoms with van der Waals surface area (Å²) < 4.78 is 0. The smallest absolute Gasteiger partial charge is 0.0616 e. The molecule has 2 rings (SSSR count). The van der Waals surface area contributed by atoms with Gasteiger partial charge in [-0.2, -0.15) is 0 Å². The van der Waals surface area contributed by atoms with Gasteiger partial charge in [0, 0.05) is 10.6 Å². The number of aliphatic hydroxyl groups excluding tert-OH is 1. The summed E-state index contributed by atoms with van der Waals surface area (Å²) >= 11 is 5.97. The van der Waals surface area contributed by atoms with E-state index in [-0.39, 0.29) is 12.1 Å². The van der Waals surface area contributed by atoms with E-state index in [1.54, 1.807) is 0 Å². The average molecular weight is 240 g/mol. The zero-order valence-corrected chi connectivity index (χ0v) is 10.1. The molecule has 1 aromatic carbocycles. The molecule has 0 amide bonds. The Morgan fingerprint density at radius 3 is 2.88 bits per heavy atom. The van der Waals surface area contributed by atoms with Crippen molar-refractivity contribution in [2.45, 2.75) is 31.2 Å². The van der Waals surface area contributed by atoms with Gasteiger partial charge >= 0.3 is 0 Å². The van der Waals surface area contributed by atoms with Crippen LogP contribution in [0.1, 0.15) is 24.8 Å². The molecule has 1 fully saturated rings. The number of nitrogens with one attached hydrogen (secondary N) is 1. The fourth-order valence-corrected chi connectivity index (χ4v) is 2.62. The first-order valence-electron chi connectivity index (χ1n) is 5.84. The Balaban J connectivity index is 2.11. The van der Waals surface area contributed by atoms with Crippen LogP contribution < -0.4 is 5.32 Å². The third kappa shape index (κ3) is 2.76. The summed E-state index contributed by atoms with van der Waals surface area (Å²) in [4.78, 5) is 0. The van der Waals surface area contributed by atoms with Gasteiger partial charge in [0.1, 0.15) is 0 Å². The molecule has 1 unspecified atom stereocenters. The number of aliphatic hydroxyl groups is 1. The molecule has 1 atom stereocenters. The summed E-state index contributed by atoms with van der Waals surface area (Å²) in [6.07, 6.45) is 4.28. The molecular weight excluding hydrogens is 222 g/mol. The fourth-order valence-electron chi connectivity index (χ4n) is 2.41. The monoisotopic (exact) mass is 239 g/mol. The Kier molecular flexibility index (Phi) is 3.85. The van der Waals surface area contributed by atoms with Gasteiger partial charge in [0.15, 0.2) is 0 Å². The number of rotatable bonds is 3. The molecular formula is C13H18ClNO. The Morgan fingerprint density at radius 2 is 2.25 bits per heavy atom. The molecule has 0 radical (unpaired) electrons. The lowest BCUT2D eigenvalue weighted by atomic mass is 9.84. The second kappa shape index (κ2) is 5.17. The summed E-state index contributed by atoms with van der Waals surface area (Å²) in [6, 6.07) is 7.89. The molecule has 1 heterocycles. The molecule has 0 bridgehead atoms. The van der Waals surface area contributed by atoms with Gasteiger partial charge in [0.2, 0.25) is 0 Å². The van der Waals surface area contributed by atoms with Gasteiger partial charge in [-0.1, -0.05) is 30.2 Å². The number of benzene rings is 1. The lowest BCUT2D eigenvalue weighted by molar-refractivity contribution is 0.131. The van der Waals surface area contributed by atoms with Crippen LogP contribution in [-0.4, -0.2) is 23.8 Å². The van der Waals surface area contributed by atoms with Gasteiger partial charge in [-0.05, 0) is 43.5 Å². The molecule has 0 aliphatic carbocycles. The van der Waals surface area contributed by atoms with Crippen LogP contribution in [0, 0.1) is 0 Å². The van der Waals surface area contributed by atoms with Gasteiger partial charge in [0.25, 0.3) is 0 Å². The van der Waals surface area contributed by atoms with Gasteiger partial charge in [-0.3, -0.25) is 0 Å². The maximum absolute atomic E-state index is 9.58. The highest BCUT2D eigenvalue weighted by molar-refractivity contribution is 6.30. The van der Waals surface area contributed by atoms with Gasteiger partial charge in [-0.25, -0.2) is 0 Å². The number of halogens is 1. The first-order valence-corrected chi connectivity index (χ1v) is 6.22. The maximum Gasteiger partial charge on any atom is 0.0616 e. The van der Waals surface area contributed by atoms with Crippen LogP contribution in [0.3, 0.4) is 0 Å². The van der Waals surface area contributed by atoms with Crippen molar-refractivity contribution in [2.24, 2.45) is 0 Å². The fraction of sp³-hybridized carbons (Fsp3) is 0.538. The van der Waals surface area contributed by atoms with Crippen LogP contribution in [-0.2, 0) is 6.42 Å². The molecule has 16 heavy (non-hydrogen) atoms. The first-order chi connectivity index (χ1) is 7.74. The van der Waals surface area contributed by atoms with Crippen LogP contribution in [0.4, 0.5) is 0 Å². The second-order valence-corrected chi connectivity index (χ2v) is 5.07. The summed E-state index contributed by atoms with van der Waals surface area (Å²) in [5, 5.41) is 13.8. The Hall–Kier alpha value is -0.570. The highest BCUT2D eigenvalue weighted by atomic mass is 35.5. The normalized spacial score (nSPS) is 25.6. The topological polar surface area (TPSA) is 32.3 Å². The second-order valence-electron chi connectivity index (χ2n) is 4.63. The molecule has 1 aliphatic rings. The average Bonchev–Trinajstić information content (AvgIpc) is 2.30. The molecule has 1 aromatic rings. The van der Waals surface area contributed by atoms with Crippen molar-refractivity contribution in [1.29, 1.82) is 0 Å². The minimum atomic E-state index is -0.136. The van der Waals surface area contributed by atoms with E-state index < -0.39 is 0 Å². The van der Waals surface area contributed by atoms with Gasteiger partial charge in [-0.15, -0.1) is 0 Å². The van der Waals surface area contributed by atoms with Crippen molar-refractivity contribution in [3.05, 3.63) is 34.9 Å². The number of hydrogen-bond acceptors (Lipinski definition) is 2. The van der Waals surface area contributed by atoms with Crippen LogP contribution in [0.2, 0.25) is 5.02 Å². The third-order valence-electron chi connectivity index (χ3n) is 3.32. The van der Waals surface area contributed by atoms with Crippen molar-refractivity contribution in [3.8, 4) is 0 Å². The summed E-state index contributed by atoms with van der Waals surface area (Å²) in [6.45, 7) is 1.20. The number of hydrogen-bond donors (Lipinski definition) is 2. The third-order valence-corrected chi connectivity index (χ3v) is 3.55. The molecule has 2 nitrogen and oxygen atoms in total. The van der Waals surface area contributed by atoms with Crippen molar-refractivity contribution >= 4 is 11.6 Å². The van der Waals surface area contributed by atoms with E-state index in [1.807, 2.05) is 18.2 Å². The standard InChI is InChI=1S/C13H18ClNO/c14-12-5-3-4-11(8-12)9-13(10-16)6-1-2-7-15-13/h3-5,8,15-16H,1-2,6-7,9-10H2. The minimum absolute atomic E-state index is 0.136. The Bertz CT molecular complexity index is 348. The SMILES string of the molecule is OCC1(Cc2cccc(Cl)c2)CCCCN1. The molecule has 3 heteroatoms. The summed E-state index contributed by atoms with van der Waals surface area (Å²) in [5.41, 5.74) is 1.05. The zero-order valence-electron chi connectivity index (χ0n) is 9.38. The first kappa shape index (κ1) is 11.9. The maximum atomic E-state index is 9.58. The minimum Gasteiger partial charge on any atom is -0.394 e.